The number of hydrogen-bond donors (Lipinski definition) is 5. The normalized spacial score (nSPS) is 27.8. The summed E-state index contributed by atoms with van der Waals surface area (Å²) in [6, 6.07) is 10.3. The number of likely N-dealkylation sites (N-methyl/N-ethyl adjacent to an activating group) is 2. The standard InChI is InChI=1S/C33H38N4O7/c1-35(2)27-22-15-19-14-21-20(18-6-4-17(5-7-18)16-37-12-10-36(3)11-13-37)8-9-23(38)25(21)28(39)24(19)30(41)33(22,44)31(42)26(29(27)40)32(34)43/h4-9,19,22,27,38,40-41,44H,10-16H2,1-3H3,(H2,34,43)/t19-,22+,27-,33+/m1/s1. The van der Waals surface area contributed by atoms with E-state index in [1.165, 1.54) is 16.5 Å². The van der Waals surface area contributed by atoms with Gasteiger partial charge in [0.05, 0.1) is 11.6 Å². The van der Waals surface area contributed by atoms with Crippen LogP contribution < -0.4 is 5.73 Å². The molecule has 1 heterocycles. The van der Waals surface area contributed by atoms with E-state index in [1.54, 1.807) is 20.2 Å². The quantitative estimate of drug-likeness (QED) is 0.317. The maximum atomic E-state index is 14.0. The fraction of sp³-hybridized carbons (Fsp3) is 0.424. The third-order valence-corrected chi connectivity index (χ3v) is 9.87. The van der Waals surface area contributed by atoms with Crippen LogP contribution in [0.25, 0.3) is 11.1 Å². The lowest BCUT2D eigenvalue weighted by molar-refractivity contribution is -0.148. The maximum absolute atomic E-state index is 14.0. The molecule has 4 aliphatic rings. The van der Waals surface area contributed by atoms with E-state index >= 15 is 0 Å². The molecule has 3 aliphatic carbocycles. The molecule has 11 nitrogen and oxygen atoms in total. The highest BCUT2D eigenvalue weighted by molar-refractivity contribution is 6.24. The van der Waals surface area contributed by atoms with Gasteiger partial charge in [0.15, 0.2) is 11.4 Å². The van der Waals surface area contributed by atoms with Crippen molar-refractivity contribution >= 4 is 17.5 Å². The van der Waals surface area contributed by atoms with Gasteiger partial charge in [-0.05, 0) is 68.2 Å². The fourth-order valence-corrected chi connectivity index (χ4v) is 7.58. The number of carbonyl (C=O) groups is 3. The first-order chi connectivity index (χ1) is 20.8. The molecule has 1 saturated heterocycles. The van der Waals surface area contributed by atoms with Gasteiger partial charge in [-0.1, -0.05) is 30.3 Å². The third kappa shape index (κ3) is 4.54. The summed E-state index contributed by atoms with van der Waals surface area (Å²) < 4.78 is 0. The number of aliphatic hydroxyl groups excluding tert-OH is 2. The lowest BCUT2D eigenvalue weighted by Crippen LogP contribution is -2.63. The van der Waals surface area contributed by atoms with Crippen molar-refractivity contribution in [2.75, 3.05) is 47.3 Å². The molecule has 1 amide bonds. The van der Waals surface area contributed by atoms with E-state index in [9.17, 15) is 34.8 Å². The summed E-state index contributed by atoms with van der Waals surface area (Å²) in [4.78, 5) is 45.9. The Kier molecular flexibility index (Phi) is 7.40. The number of nitrogens with two attached hydrogens (primary N) is 1. The van der Waals surface area contributed by atoms with Crippen molar-refractivity contribution in [3.05, 3.63) is 75.8 Å². The fourth-order valence-electron chi connectivity index (χ4n) is 7.58. The van der Waals surface area contributed by atoms with Crippen LogP contribution in [0.1, 0.15) is 27.9 Å². The van der Waals surface area contributed by atoms with Crippen molar-refractivity contribution in [3.8, 4) is 16.9 Å². The summed E-state index contributed by atoms with van der Waals surface area (Å²) in [5, 5.41) is 45.1. The topological polar surface area (TPSA) is 168 Å². The van der Waals surface area contributed by atoms with Crippen LogP contribution in [-0.2, 0) is 22.6 Å². The van der Waals surface area contributed by atoms with Crippen molar-refractivity contribution in [1.29, 1.82) is 0 Å². The summed E-state index contributed by atoms with van der Waals surface area (Å²) in [5.41, 5.74) is 5.17. The predicted octanol–water partition coefficient (Wildman–Crippen LogP) is 1.54. The van der Waals surface area contributed by atoms with Crippen LogP contribution in [0.2, 0.25) is 0 Å². The number of hydrogen-bond acceptors (Lipinski definition) is 10. The maximum Gasteiger partial charge on any atom is 0.255 e. The second-order valence-electron chi connectivity index (χ2n) is 12.7. The van der Waals surface area contributed by atoms with Gasteiger partial charge in [0, 0.05) is 44.2 Å². The Balaban J connectivity index is 1.39. The first kappa shape index (κ1) is 30.0. The number of rotatable bonds is 5. The number of allylic oxidation sites excluding steroid dienone is 1. The minimum absolute atomic E-state index is 0.00444. The first-order valence-corrected chi connectivity index (χ1v) is 14.8. The number of phenolic OH excluding ortho intramolecular Hbond substituents is 1. The molecular formula is C33H38N4O7. The van der Waals surface area contributed by atoms with Crippen LogP contribution in [0.15, 0.2) is 59.1 Å². The Hall–Kier alpha value is -4.03. The van der Waals surface area contributed by atoms with Crippen molar-refractivity contribution < 1.29 is 34.8 Å². The average molecular weight is 603 g/mol. The smallest absolute Gasteiger partial charge is 0.255 e. The monoisotopic (exact) mass is 602 g/mol. The molecule has 1 aliphatic heterocycles. The molecule has 0 radical (unpaired) electrons. The summed E-state index contributed by atoms with van der Waals surface area (Å²) in [6.45, 7) is 4.91. The summed E-state index contributed by atoms with van der Waals surface area (Å²) >= 11 is 0. The van der Waals surface area contributed by atoms with E-state index in [0.29, 0.717) is 5.56 Å². The van der Waals surface area contributed by atoms with Gasteiger partial charge in [-0.2, -0.15) is 0 Å². The Morgan fingerprint density at radius 2 is 1.68 bits per heavy atom. The molecule has 0 unspecified atom stereocenters. The molecular weight excluding hydrogens is 564 g/mol. The SMILES string of the molecule is CN1CCN(Cc2ccc(-c3ccc(O)c4c3C[C@@H]3C[C@H]5[C@@H](N(C)C)C(O)=C(C(N)=O)C(=O)[C@@]5(O)C(O)=C3C4=O)cc2)CC1. The number of piperazine rings is 1. The Bertz CT molecular complexity index is 1620. The lowest BCUT2D eigenvalue weighted by Gasteiger charge is -2.50. The highest BCUT2D eigenvalue weighted by atomic mass is 16.3. The van der Waals surface area contributed by atoms with E-state index in [-0.39, 0.29) is 29.7 Å². The molecule has 6 N–H and O–H groups in total. The predicted molar refractivity (Wildman–Crippen MR) is 162 cm³/mol. The molecule has 11 heteroatoms. The third-order valence-electron chi connectivity index (χ3n) is 9.87. The van der Waals surface area contributed by atoms with E-state index < -0.39 is 58.0 Å². The van der Waals surface area contributed by atoms with Gasteiger partial charge in [-0.15, -0.1) is 0 Å². The van der Waals surface area contributed by atoms with Crippen molar-refractivity contribution in [2.24, 2.45) is 17.6 Å². The van der Waals surface area contributed by atoms with Crippen molar-refractivity contribution in [1.82, 2.24) is 14.7 Å². The van der Waals surface area contributed by atoms with E-state index in [2.05, 4.69) is 29.0 Å². The molecule has 2 aromatic rings. The van der Waals surface area contributed by atoms with Gasteiger partial charge < -0.3 is 31.1 Å². The number of ketones is 2. The molecule has 0 aromatic heterocycles. The number of primary amides is 1. The zero-order chi connectivity index (χ0) is 31.7. The van der Waals surface area contributed by atoms with Crippen molar-refractivity contribution in [2.45, 2.75) is 31.0 Å². The Labute approximate surface area is 255 Å². The molecule has 232 valence electrons. The van der Waals surface area contributed by atoms with Crippen LogP contribution in [0.3, 0.4) is 0 Å². The first-order valence-electron chi connectivity index (χ1n) is 14.8. The number of nitrogens with zero attached hydrogens (tertiary/aromatic N) is 3. The van der Waals surface area contributed by atoms with Gasteiger partial charge >= 0.3 is 0 Å². The van der Waals surface area contributed by atoms with Gasteiger partial charge in [0.1, 0.15) is 22.8 Å². The summed E-state index contributed by atoms with van der Waals surface area (Å²) in [6.07, 6.45) is 0.284. The minimum Gasteiger partial charge on any atom is -0.510 e. The summed E-state index contributed by atoms with van der Waals surface area (Å²) in [5.74, 6) is -6.61. The van der Waals surface area contributed by atoms with E-state index in [4.69, 9.17) is 5.73 Å². The van der Waals surface area contributed by atoms with Crippen LogP contribution >= 0.6 is 0 Å². The number of benzene rings is 2. The molecule has 44 heavy (non-hydrogen) atoms. The van der Waals surface area contributed by atoms with Crippen molar-refractivity contribution in [3.63, 3.8) is 0 Å². The van der Waals surface area contributed by atoms with Crippen LogP contribution in [0.5, 0.6) is 5.75 Å². The van der Waals surface area contributed by atoms with E-state index in [0.717, 1.165) is 43.9 Å². The number of carbonyl (C=O) groups excluding carboxylic acids is 3. The second-order valence-corrected chi connectivity index (χ2v) is 12.7. The molecule has 0 bridgehead atoms. The Morgan fingerprint density at radius 3 is 2.30 bits per heavy atom. The molecule has 0 spiro atoms. The number of aliphatic hydroxyl groups is 3. The average Bonchev–Trinajstić information content (AvgIpc) is 2.96. The number of Topliss-reactive ketones (excluding diaryl/α,β-unsaturated/α-hetero) is 2. The minimum atomic E-state index is -2.66. The van der Waals surface area contributed by atoms with E-state index in [1.807, 2.05) is 12.1 Å². The molecule has 4 atom stereocenters. The highest BCUT2D eigenvalue weighted by Gasteiger charge is 2.63. The zero-order valence-corrected chi connectivity index (χ0v) is 25.1. The Morgan fingerprint density at radius 1 is 1.02 bits per heavy atom. The lowest BCUT2D eigenvalue weighted by atomic mass is 9.58. The van der Waals surface area contributed by atoms with Crippen LogP contribution in [0, 0.1) is 11.8 Å². The van der Waals surface area contributed by atoms with Crippen LogP contribution in [0.4, 0.5) is 0 Å². The molecule has 0 saturated carbocycles. The number of aromatic hydroxyl groups is 1. The van der Waals surface area contributed by atoms with Crippen LogP contribution in [-0.4, -0.2) is 112 Å². The van der Waals surface area contributed by atoms with Gasteiger partial charge in [0.25, 0.3) is 5.91 Å². The highest BCUT2D eigenvalue weighted by Crippen LogP contribution is 2.53. The molecule has 2 aromatic carbocycles. The number of phenols is 1. The second kappa shape index (κ2) is 10.8. The van der Waals surface area contributed by atoms with Gasteiger partial charge in [0.2, 0.25) is 5.78 Å². The number of amides is 1. The largest absolute Gasteiger partial charge is 0.510 e. The summed E-state index contributed by atoms with van der Waals surface area (Å²) in [7, 11) is 5.34. The molecule has 1 fully saturated rings. The van der Waals surface area contributed by atoms with Gasteiger partial charge in [-0.3, -0.25) is 24.2 Å². The van der Waals surface area contributed by atoms with Gasteiger partial charge in [-0.25, -0.2) is 0 Å². The molecule has 6 rings (SSSR count). The zero-order valence-electron chi connectivity index (χ0n) is 25.1. The number of fused-ring (bicyclic) bond motifs is 3.